The molecule has 0 aliphatic carbocycles. The highest BCUT2D eigenvalue weighted by molar-refractivity contribution is 7.99. The fraction of sp³-hybridized carbons (Fsp3) is 0.286. The van der Waals surface area contributed by atoms with Gasteiger partial charge in [0.2, 0.25) is 5.91 Å². The van der Waals surface area contributed by atoms with Gasteiger partial charge in [0.25, 0.3) is 11.1 Å². The predicted octanol–water partition coefficient (Wildman–Crippen LogP) is 4.56. The molecule has 1 heterocycles. The van der Waals surface area contributed by atoms with E-state index in [0.29, 0.717) is 11.1 Å². The van der Waals surface area contributed by atoms with E-state index in [1.807, 2.05) is 56.3 Å². The van der Waals surface area contributed by atoms with E-state index in [1.54, 1.807) is 0 Å². The number of amides is 1. The van der Waals surface area contributed by atoms with Gasteiger partial charge in [0, 0.05) is 5.69 Å². The fourth-order valence-electron chi connectivity index (χ4n) is 2.71. The first-order valence-electron chi connectivity index (χ1n) is 9.08. The minimum Gasteiger partial charge on any atom is -0.484 e. The van der Waals surface area contributed by atoms with E-state index in [9.17, 15) is 4.79 Å². The first kappa shape index (κ1) is 19.9. The second-order valence-corrected chi connectivity index (χ2v) is 7.29. The van der Waals surface area contributed by atoms with Crippen LogP contribution >= 0.6 is 11.8 Å². The highest BCUT2D eigenvalue weighted by Crippen LogP contribution is 2.23. The van der Waals surface area contributed by atoms with E-state index < -0.39 is 0 Å². The van der Waals surface area contributed by atoms with Crippen molar-refractivity contribution in [3.05, 3.63) is 65.0 Å². The minimum absolute atomic E-state index is 0.107. The summed E-state index contributed by atoms with van der Waals surface area (Å²) in [6.45, 7) is 6.24. The largest absolute Gasteiger partial charge is 0.484 e. The number of ether oxygens (including phenoxy) is 1. The van der Waals surface area contributed by atoms with Gasteiger partial charge in [0.05, 0.1) is 5.75 Å². The standard InChI is InChI=1S/C21H23N3O3S/c1-4-16-9-6-8-15(3)20(16)22-18(25)13-28-21-24-23-19(27-21)12-26-17-10-5-7-14(2)11-17/h5-11H,4,12-13H2,1-3H3,(H,22,25). The molecule has 0 atom stereocenters. The van der Waals surface area contributed by atoms with Gasteiger partial charge in [-0.3, -0.25) is 4.79 Å². The van der Waals surface area contributed by atoms with Crippen LogP contribution in [0.5, 0.6) is 5.75 Å². The molecular weight excluding hydrogens is 374 g/mol. The lowest BCUT2D eigenvalue weighted by atomic mass is 10.1. The van der Waals surface area contributed by atoms with Gasteiger partial charge in [-0.15, -0.1) is 10.2 Å². The number of rotatable bonds is 8. The summed E-state index contributed by atoms with van der Waals surface area (Å²) >= 11 is 1.20. The Morgan fingerprint density at radius 3 is 2.79 bits per heavy atom. The molecule has 0 radical (unpaired) electrons. The summed E-state index contributed by atoms with van der Waals surface area (Å²) in [5.41, 5.74) is 4.16. The Morgan fingerprint density at radius 1 is 1.18 bits per heavy atom. The fourth-order valence-corrected chi connectivity index (χ4v) is 3.29. The van der Waals surface area contributed by atoms with E-state index in [0.717, 1.165) is 34.5 Å². The normalized spacial score (nSPS) is 10.7. The SMILES string of the molecule is CCc1cccc(C)c1NC(=O)CSc1nnc(COc2cccc(C)c2)o1. The minimum atomic E-state index is -0.107. The first-order chi connectivity index (χ1) is 13.5. The van der Waals surface area contributed by atoms with Crippen LogP contribution in [-0.4, -0.2) is 21.9 Å². The number of benzene rings is 2. The number of aromatic nitrogens is 2. The Hall–Kier alpha value is -2.80. The zero-order chi connectivity index (χ0) is 19.9. The van der Waals surface area contributed by atoms with Crippen LogP contribution < -0.4 is 10.1 Å². The Morgan fingerprint density at radius 2 is 2.00 bits per heavy atom. The highest BCUT2D eigenvalue weighted by Gasteiger charge is 2.12. The summed E-state index contributed by atoms with van der Waals surface area (Å²) in [6.07, 6.45) is 0.860. The monoisotopic (exact) mass is 397 g/mol. The number of hydrogen-bond acceptors (Lipinski definition) is 6. The zero-order valence-electron chi connectivity index (χ0n) is 16.2. The Kier molecular flexibility index (Phi) is 6.71. The highest BCUT2D eigenvalue weighted by atomic mass is 32.2. The predicted molar refractivity (Wildman–Crippen MR) is 110 cm³/mol. The van der Waals surface area contributed by atoms with Crippen molar-refractivity contribution in [3.63, 3.8) is 0 Å². The summed E-state index contributed by atoms with van der Waals surface area (Å²) in [7, 11) is 0. The smallest absolute Gasteiger partial charge is 0.277 e. The molecule has 0 saturated heterocycles. The van der Waals surface area contributed by atoms with Crippen LogP contribution in [0.1, 0.15) is 29.5 Å². The summed E-state index contributed by atoms with van der Waals surface area (Å²) in [5, 5.41) is 11.3. The van der Waals surface area contributed by atoms with Crippen molar-refractivity contribution < 1.29 is 13.9 Å². The number of thioether (sulfide) groups is 1. The van der Waals surface area contributed by atoms with Gasteiger partial charge >= 0.3 is 0 Å². The van der Waals surface area contributed by atoms with Crippen molar-refractivity contribution >= 4 is 23.4 Å². The summed E-state index contributed by atoms with van der Waals surface area (Å²) in [4.78, 5) is 12.3. The third kappa shape index (κ3) is 5.36. The molecule has 146 valence electrons. The van der Waals surface area contributed by atoms with Crippen LogP contribution in [0.15, 0.2) is 52.1 Å². The molecular formula is C21H23N3O3S. The Labute approximate surface area is 168 Å². The zero-order valence-corrected chi connectivity index (χ0v) is 17.0. The van der Waals surface area contributed by atoms with Gasteiger partial charge in [-0.25, -0.2) is 0 Å². The lowest BCUT2D eigenvalue weighted by Crippen LogP contribution is -2.16. The van der Waals surface area contributed by atoms with Crippen LogP contribution in [0.2, 0.25) is 0 Å². The molecule has 0 spiro atoms. The number of nitrogens with one attached hydrogen (secondary N) is 1. The van der Waals surface area contributed by atoms with E-state index in [1.165, 1.54) is 11.8 Å². The van der Waals surface area contributed by atoms with Crippen LogP contribution in [0.4, 0.5) is 5.69 Å². The van der Waals surface area contributed by atoms with Gasteiger partial charge in [-0.2, -0.15) is 0 Å². The van der Waals surface area contributed by atoms with Crippen LogP contribution in [0, 0.1) is 13.8 Å². The second kappa shape index (κ2) is 9.41. The van der Waals surface area contributed by atoms with Crippen molar-refractivity contribution in [2.45, 2.75) is 39.0 Å². The third-order valence-corrected chi connectivity index (χ3v) is 4.95. The molecule has 6 nitrogen and oxygen atoms in total. The topological polar surface area (TPSA) is 77.2 Å². The summed E-state index contributed by atoms with van der Waals surface area (Å²) in [6, 6.07) is 13.7. The molecule has 0 fully saturated rings. The number of anilines is 1. The molecule has 0 saturated carbocycles. The molecule has 3 aromatic rings. The number of hydrogen-bond donors (Lipinski definition) is 1. The van der Waals surface area contributed by atoms with Crippen molar-refractivity contribution in [2.24, 2.45) is 0 Å². The molecule has 0 bridgehead atoms. The molecule has 1 N–H and O–H groups in total. The number of nitrogens with zero attached hydrogens (tertiary/aromatic N) is 2. The van der Waals surface area contributed by atoms with Gasteiger partial charge in [0.15, 0.2) is 6.61 Å². The Balaban J connectivity index is 1.51. The average Bonchev–Trinajstić information content (AvgIpc) is 3.14. The van der Waals surface area contributed by atoms with Crippen LogP contribution in [0.3, 0.4) is 0 Å². The Bertz CT molecular complexity index is 956. The van der Waals surface area contributed by atoms with E-state index >= 15 is 0 Å². The molecule has 0 aliphatic rings. The molecule has 1 aromatic heterocycles. The van der Waals surface area contributed by atoms with E-state index in [2.05, 4.69) is 22.4 Å². The average molecular weight is 398 g/mol. The lowest BCUT2D eigenvalue weighted by molar-refractivity contribution is -0.113. The maximum atomic E-state index is 12.3. The second-order valence-electron chi connectivity index (χ2n) is 6.37. The van der Waals surface area contributed by atoms with E-state index in [-0.39, 0.29) is 18.3 Å². The maximum Gasteiger partial charge on any atom is 0.277 e. The van der Waals surface area contributed by atoms with Crippen molar-refractivity contribution in [1.82, 2.24) is 10.2 Å². The lowest BCUT2D eigenvalue weighted by Gasteiger charge is -2.12. The molecule has 0 aliphatic heterocycles. The molecule has 0 unspecified atom stereocenters. The summed E-state index contributed by atoms with van der Waals surface area (Å²) in [5.74, 6) is 1.20. The van der Waals surface area contributed by atoms with E-state index in [4.69, 9.17) is 9.15 Å². The van der Waals surface area contributed by atoms with Gasteiger partial charge in [-0.1, -0.05) is 49.0 Å². The first-order valence-corrected chi connectivity index (χ1v) is 10.1. The molecule has 28 heavy (non-hydrogen) atoms. The van der Waals surface area contributed by atoms with Crippen LogP contribution in [-0.2, 0) is 17.8 Å². The van der Waals surface area contributed by atoms with Crippen molar-refractivity contribution in [2.75, 3.05) is 11.1 Å². The number of aryl methyl sites for hydroxylation is 3. The number of carbonyl (C=O) groups excluding carboxylic acids is 1. The summed E-state index contributed by atoms with van der Waals surface area (Å²) < 4.78 is 11.2. The molecule has 7 heteroatoms. The van der Waals surface area contributed by atoms with Gasteiger partial charge in [0.1, 0.15) is 5.75 Å². The van der Waals surface area contributed by atoms with Crippen LogP contribution in [0.25, 0.3) is 0 Å². The van der Waals surface area contributed by atoms with Crippen molar-refractivity contribution in [1.29, 1.82) is 0 Å². The van der Waals surface area contributed by atoms with Gasteiger partial charge in [-0.05, 0) is 49.1 Å². The molecule has 2 aromatic carbocycles. The number of para-hydroxylation sites is 1. The number of carbonyl (C=O) groups is 1. The third-order valence-electron chi connectivity index (χ3n) is 4.13. The quantitative estimate of drug-likeness (QED) is 0.562. The maximum absolute atomic E-state index is 12.3. The molecule has 1 amide bonds. The van der Waals surface area contributed by atoms with Crippen molar-refractivity contribution in [3.8, 4) is 5.75 Å². The molecule has 3 rings (SSSR count). The van der Waals surface area contributed by atoms with Gasteiger partial charge < -0.3 is 14.5 Å².